The molecule has 1 aliphatic heterocycles. The van der Waals surface area contributed by atoms with E-state index in [-0.39, 0.29) is 21.2 Å². The van der Waals surface area contributed by atoms with Crippen molar-refractivity contribution in [3.8, 4) is 11.8 Å². The Morgan fingerprint density at radius 2 is 2.25 bits per heavy atom. The van der Waals surface area contributed by atoms with Gasteiger partial charge < -0.3 is 15.6 Å². The van der Waals surface area contributed by atoms with E-state index in [0.717, 1.165) is 24.2 Å². The number of aromatic nitrogens is 3. The molecule has 126 valence electrons. The molecule has 8 nitrogen and oxygen atoms in total. The Labute approximate surface area is 144 Å². The van der Waals surface area contributed by atoms with Gasteiger partial charge in [-0.05, 0) is 12.8 Å². The molecule has 1 saturated carbocycles. The van der Waals surface area contributed by atoms with Crippen LogP contribution in [0.5, 0.6) is 0 Å². The van der Waals surface area contributed by atoms with Crippen molar-refractivity contribution >= 4 is 39.4 Å². The lowest BCUT2D eigenvalue weighted by molar-refractivity contribution is -0.0204. The first-order chi connectivity index (χ1) is 11.5. The molecule has 0 amide bonds. The number of nitrogens with one attached hydrogen (secondary N) is 1. The van der Waals surface area contributed by atoms with E-state index in [2.05, 4.69) is 21.8 Å². The zero-order valence-corrected chi connectivity index (χ0v) is 14.0. The second-order valence-electron chi connectivity index (χ2n) is 5.64. The summed E-state index contributed by atoms with van der Waals surface area (Å²) in [5.74, 6) is 6.60. The Bertz CT molecular complexity index is 965. The van der Waals surface area contributed by atoms with Gasteiger partial charge >= 0.3 is 4.87 Å². The van der Waals surface area contributed by atoms with Gasteiger partial charge in [0.1, 0.15) is 22.5 Å². The standard InChI is InChI=1S/C14H14N4O4S2/c15-13-16-10-9(11(20)17-13)24-14(21)18(10)8-5-23-12(22-8)7(19)4-3-6-1-2-6/h6-8,12,19H,1-2,5H2,(H3,15,16,17,20)/t7?,8-,12+/m1/s1. The molecule has 0 spiro atoms. The number of nitrogens with zero attached hydrogens (tertiary/aromatic N) is 2. The summed E-state index contributed by atoms with van der Waals surface area (Å²) in [6.07, 6.45) is 0.632. The molecular weight excluding hydrogens is 352 g/mol. The zero-order chi connectivity index (χ0) is 16.8. The Morgan fingerprint density at radius 3 is 3.00 bits per heavy atom. The Balaban J connectivity index is 1.62. The minimum Gasteiger partial charge on any atom is -0.377 e. The van der Waals surface area contributed by atoms with E-state index in [1.807, 2.05) is 0 Å². The molecule has 2 aromatic heterocycles. The van der Waals surface area contributed by atoms with Gasteiger partial charge in [-0.15, -0.1) is 11.8 Å². The molecule has 0 aromatic carbocycles. The maximum absolute atomic E-state index is 12.3. The third kappa shape index (κ3) is 2.84. The first-order valence-electron chi connectivity index (χ1n) is 7.40. The van der Waals surface area contributed by atoms with E-state index < -0.39 is 23.3 Å². The fourth-order valence-corrected chi connectivity index (χ4v) is 4.31. The first kappa shape index (κ1) is 15.7. The van der Waals surface area contributed by atoms with Crippen LogP contribution >= 0.6 is 23.1 Å². The molecule has 4 N–H and O–H groups in total. The predicted molar refractivity (Wildman–Crippen MR) is 91.8 cm³/mol. The Morgan fingerprint density at radius 1 is 1.46 bits per heavy atom. The smallest absolute Gasteiger partial charge is 0.311 e. The van der Waals surface area contributed by atoms with Crippen molar-refractivity contribution in [1.29, 1.82) is 0 Å². The lowest BCUT2D eigenvalue weighted by Crippen LogP contribution is -2.26. The van der Waals surface area contributed by atoms with Crippen molar-refractivity contribution in [3.63, 3.8) is 0 Å². The van der Waals surface area contributed by atoms with Crippen molar-refractivity contribution in [2.24, 2.45) is 5.92 Å². The van der Waals surface area contributed by atoms with Gasteiger partial charge in [-0.3, -0.25) is 19.1 Å². The van der Waals surface area contributed by atoms with E-state index in [1.54, 1.807) is 0 Å². The van der Waals surface area contributed by atoms with Crippen LogP contribution < -0.4 is 16.2 Å². The van der Waals surface area contributed by atoms with E-state index >= 15 is 0 Å². The number of thiazole rings is 1. The highest BCUT2D eigenvalue weighted by atomic mass is 32.2. The van der Waals surface area contributed by atoms with Crippen LogP contribution in [-0.2, 0) is 4.74 Å². The number of H-pyrrole nitrogens is 1. The number of aliphatic hydroxyl groups is 1. The van der Waals surface area contributed by atoms with Crippen molar-refractivity contribution in [2.45, 2.75) is 30.6 Å². The average Bonchev–Trinajstić information content (AvgIpc) is 3.13. The van der Waals surface area contributed by atoms with E-state index in [1.165, 1.54) is 16.3 Å². The second-order valence-corrected chi connectivity index (χ2v) is 7.74. The molecule has 1 aliphatic carbocycles. The number of nitrogens with two attached hydrogens (primary N) is 1. The van der Waals surface area contributed by atoms with Gasteiger partial charge in [0, 0.05) is 11.7 Å². The molecule has 3 heterocycles. The molecule has 4 rings (SSSR count). The molecule has 24 heavy (non-hydrogen) atoms. The van der Waals surface area contributed by atoms with Crippen molar-refractivity contribution < 1.29 is 9.84 Å². The largest absolute Gasteiger partial charge is 0.377 e. The lowest BCUT2D eigenvalue weighted by atomic mass is 10.3. The molecule has 1 unspecified atom stereocenters. The molecule has 2 fully saturated rings. The molecule has 2 aromatic rings. The van der Waals surface area contributed by atoms with Crippen LogP contribution in [0, 0.1) is 17.8 Å². The predicted octanol–water partition coefficient (Wildman–Crippen LogP) is 0.0909. The van der Waals surface area contributed by atoms with Crippen LogP contribution in [0.3, 0.4) is 0 Å². The van der Waals surface area contributed by atoms with E-state index in [0.29, 0.717) is 11.7 Å². The summed E-state index contributed by atoms with van der Waals surface area (Å²) in [7, 11) is 0. The highest BCUT2D eigenvalue weighted by molar-refractivity contribution is 8.00. The van der Waals surface area contributed by atoms with E-state index in [4.69, 9.17) is 10.5 Å². The summed E-state index contributed by atoms with van der Waals surface area (Å²) in [6.45, 7) is 0. The number of fused-ring (bicyclic) bond motifs is 1. The number of hydrogen-bond acceptors (Lipinski definition) is 8. The summed E-state index contributed by atoms with van der Waals surface area (Å²) in [6, 6.07) is 0. The van der Waals surface area contributed by atoms with Crippen LogP contribution in [0.15, 0.2) is 9.59 Å². The maximum atomic E-state index is 12.3. The van der Waals surface area contributed by atoms with Crippen molar-refractivity contribution in [1.82, 2.24) is 14.5 Å². The number of hydrogen-bond donors (Lipinski definition) is 3. The summed E-state index contributed by atoms with van der Waals surface area (Å²) in [5, 5.41) is 10.1. The molecule has 3 atom stereocenters. The van der Waals surface area contributed by atoms with Crippen molar-refractivity contribution in [3.05, 3.63) is 20.0 Å². The van der Waals surface area contributed by atoms with Crippen LogP contribution in [0.2, 0.25) is 0 Å². The fourth-order valence-electron chi connectivity index (χ4n) is 2.41. The number of aliphatic hydroxyl groups excluding tert-OH is 1. The van der Waals surface area contributed by atoms with Gasteiger partial charge in [-0.1, -0.05) is 23.2 Å². The number of rotatable bonds is 2. The SMILES string of the molecule is Nc1nc2c(sc(=O)n2[C@H]2CS[C@@H](C(O)C#CC3CC3)O2)c(=O)[nH]1. The van der Waals surface area contributed by atoms with Crippen molar-refractivity contribution in [2.75, 3.05) is 11.5 Å². The quantitative estimate of drug-likeness (QED) is 0.644. The topological polar surface area (TPSA) is 123 Å². The summed E-state index contributed by atoms with van der Waals surface area (Å²) < 4.78 is 7.30. The van der Waals surface area contributed by atoms with Gasteiger partial charge in [-0.2, -0.15) is 4.98 Å². The monoisotopic (exact) mass is 366 g/mol. The molecule has 0 radical (unpaired) electrons. The van der Waals surface area contributed by atoms with Gasteiger partial charge in [0.25, 0.3) is 5.56 Å². The summed E-state index contributed by atoms with van der Waals surface area (Å²) in [4.78, 5) is 30.2. The van der Waals surface area contributed by atoms with Crippen LogP contribution in [0.1, 0.15) is 19.1 Å². The molecule has 2 aliphatic rings. The highest BCUT2D eigenvalue weighted by Gasteiger charge is 2.34. The highest BCUT2D eigenvalue weighted by Crippen LogP contribution is 2.35. The lowest BCUT2D eigenvalue weighted by Gasteiger charge is -2.15. The third-order valence-corrected chi connectivity index (χ3v) is 5.86. The third-order valence-electron chi connectivity index (χ3n) is 3.74. The van der Waals surface area contributed by atoms with Gasteiger partial charge in [0.15, 0.2) is 5.65 Å². The summed E-state index contributed by atoms with van der Waals surface area (Å²) >= 11 is 2.18. The second kappa shape index (κ2) is 5.93. The zero-order valence-electron chi connectivity index (χ0n) is 12.4. The van der Waals surface area contributed by atoms with Gasteiger partial charge in [0.05, 0.1) is 0 Å². The molecular formula is C14H14N4O4S2. The fraction of sp³-hybridized carbons (Fsp3) is 0.500. The Hall–Kier alpha value is -1.80. The molecule has 10 heteroatoms. The van der Waals surface area contributed by atoms with Gasteiger partial charge in [-0.25, -0.2) is 0 Å². The van der Waals surface area contributed by atoms with E-state index in [9.17, 15) is 14.7 Å². The normalized spacial score (nSPS) is 24.7. The number of nitrogen functional groups attached to an aromatic ring is 1. The molecule has 1 saturated heterocycles. The summed E-state index contributed by atoms with van der Waals surface area (Å²) in [5.41, 5.74) is 4.79. The minimum absolute atomic E-state index is 0.0587. The maximum Gasteiger partial charge on any atom is 0.311 e. The van der Waals surface area contributed by atoms with Gasteiger partial charge in [0.2, 0.25) is 5.95 Å². The minimum atomic E-state index is -0.914. The Kier molecular flexibility index (Phi) is 3.88. The number of thioether (sulfide) groups is 1. The molecule has 0 bridgehead atoms. The number of aromatic amines is 1. The number of anilines is 1. The average molecular weight is 366 g/mol. The number of ether oxygens (including phenoxy) is 1. The first-order valence-corrected chi connectivity index (χ1v) is 9.26. The van der Waals surface area contributed by atoms with Crippen LogP contribution in [-0.4, -0.2) is 36.9 Å². The van der Waals surface area contributed by atoms with Crippen LogP contribution in [0.4, 0.5) is 5.95 Å². The van der Waals surface area contributed by atoms with Crippen LogP contribution in [0.25, 0.3) is 10.3 Å².